The first-order valence-corrected chi connectivity index (χ1v) is 7.65. The molecule has 0 aliphatic carbocycles. The van der Waals surface area contributed by atoms with Crippen LogP contribution in [0.1, 0.15) is 36.2 Å². The third-order valence-electron chi connectivity index (χ3n) is 3.78. The molecule has 23 heavy (non-hydrogen) atoms. The summed E-state index contributed by atoms with van der Waals surface area (Å²) in [5.41, 5.74) is -0.733. The lowest BCUT2D eigenvalue weighted by Gasteiger charge is -2.29. The van der Waals surface area contributed by atoms with E-state index in [2.05, 4.69) is 10.4 Å². The Balaban J connectivity index is 2.37. The number of hydrogen-bond donors (Lipinski definition) is 2. The van der Waals surface area contributed by atoms with Crippen molar-refractivity contribution in [3.8, 4) is 0 Å². The van der Waals surface area contributed by atoms with E-state index in [4.69, 9.17) is 11.6 Å². The second-order valence-corrected chi connectivity index (χ2v) is 5.55. The predicted octanol–water partition coefficient (Wildman–Crippen LogP) is 2.68. The largest absolute Gasteiger partial charge is 0.479 e. The highest BCUT2D eigenvalue weighted by atomic mass is 35.5. The molecule has 2 rings (SSSR count). The highest BCUT2D eigenvalue weighted by molar-refractivity contribution is 6.30. The molecule has 2 aromatic rings. The number of carbonyl (C=O) groups excluding carboxylic acids is 1. The van der Waals surface area contributed by atoms with Crippen molar-refractivity contribution in [3.63, 3.8) is 0 Å². The van der Waals surface area contributed by atoms with Crippen LogP contribution in [0.2, 0.25) is 5.02 Å². The number of amides is 1. The Bertz CT molecular complexity index is 712. The second-order valence-electron chi connectivity index (χ2n) is 5.11. The zero-order valence-corrected chi connectivity index (χ0v) is 13.7. The molecule has 2 N–H and O–H groups in total. The summed E-state index contributed by atoms with van der Waals surface area (Å²) in [5.74, 6) is -1.61. The number of carbonyl (C=O) groups is 2. The Labute approximate surface area is 139 Å². The lowest BCUT2D eigenvalue weighted by Crippen LogP contribution is -2.51. The maximum absolute atomic E-state index is 12.4. The van der Waals surface area contributed by atoms with Gasteiger partial charge in [0.15, 0.2) is 5.54 Å². The summed E-state index contributed by atoms with van der Waals surface area (Å²) in [6.45, 7) is 4.23. The Morgan fingerprint density at radius 1 is 1.30 bits per heavy atom. The molecule has 6 nitrogen and oxygen atoms in total. The number of rotatable bonds is 6. The van der Waals surface area contributed by atoms with Gasteiger partial charge in [-0.05, 0) is 31.0 Å². The minimum atomic E-state index is -1.52. The van der Waals surface area contributed by atoms with Crippen molar-refractivity contribution in [1.82, 2.24) is 15.1 Å². The fourth-order valence-corrected chi connectivity index (χ4v) is 2.47. The van der Waals surface area contributed by atoms with Crippen molar-refractivity contribution >= 4 is 23.5 Å². The molecule has 0 aliphatic rings. The smallest absolute Gasteiger partial charge is 0.334 e. The van der Waals surface area contributed by atoms with Crippen molar-refractivity contribution < 1.29 is 14.7 Å². The average molecular weight is 336 g/mol. The SMILES string of the molecule is CCn1cc(C(=O)NC(CC)(C(=O)O)c2ccc(Cl)cc2)cn1. The second kappa shape index (κ2) is 6.83. The molecule has 0 aliphatic heterocycles. The Morgan fingerprint density at radius 2 is 1.96 bits per heavy atom. The number of carboxylic acid groups (broad SMARTS) is 1. The lowest BCUT2D eigenvalue weighted by atomic mass is 9.87. The van der Waals surface area contributed by atoms with E-state index in [1.165, 1.54) is 6.20 Å². The van der Waals surface area contributed by atoms with Gasteiger partial charge in [-0.25, -0.2) is 4.79 Å². The first kappa shape index (κ1) is 17.0. The van der Waals surface area contributed by atoms with Crippen LogP contribution in [-0.2, 0) is 16.9 Å². The molecule has 0 fully saturated rings. The monoisotopic (exact) mass is 335 g/mol. The van der Waals surface area contributed by atoms with E-state index >= 15 is 0 Å². The molecule has 0 spiro atoms. The van der Waals surface area contributed by atoms with Crippen LogP contribution in [0.5, 0.6) is 0 Å². The van der Waals surface area contributed by atoms with E-state index < -0.39 is 17.4 Å². The van der Waals surface area contributed by atoms with Crippen LogP contribution < -0.4 is 5.32 Å². The lowest BCUT2D eigenvalue weighted by molar-refractivity contribution is -0.145. The highest BCUT2D eigenvalue weighted by Gasteiger charge is 2.40. The molecule has 7 heteroatoms. The molecule has 0 saturated heterocycles. The van der Waals surface area contributed by atoms with Crippen LogP contribution in [0.25, 0.3) is 0 Å². The van der Waals surface area contributed by atoms with Crippen LogP contribution in [0.4, 0.5) is 0 Å². The third-order valence-corrected chi connectivity index (χ3v) is 4.03. The van der Waals surface area contributed by atoms with Gasteiger partial charge in [-0.1, -0.05) is 30.7 Å². The standard InChI is InChI=1S/C16H18ClN3O3/c1-3-16(15(22)23,12-5-7-13(17)8-6-12)19-14(21)11-9-18-20(4-2)10-11/h5-10H,3-4H2,1-2H3,(H,19,21)(H,22,23). The summed E-state index contributed by atoms with van der Waals surface area (Å²) in [6.07, 6.45) is 3.19. The van der Waals surface area contributed by atoms with Gasteiger partial charge in [0.25, 0.3) is 5.91 Å². The maximum atomic E-state index is 12.4. The molecular formula is C16H18ClN3O3. The number of hydrogen-bond acceptors (Lipinski definition) is 3. The van der Waals surface area contributed by atoms with E-state index in [-0.39, 0.29) is 6.42 Å². The number of halogens is 1. The van der Waals surface area contributed by atoms with E-state index in [0.717, 1.165) is 0 Å². The maximum Gasteiger partial charge on any atom is 0.334 e. The first-order chi connectivity index (χ1) is 10.9. The zero-order chi connectivity index (χ0) is 17.0. The van der Waals surface area contributed by atoms with Gasteiger partial charge >= 0.3 is 5.97 Å². The molecule has 0 bridgehead atoms. The first-order valence-electron chi connectivity index (χ1n) is 7.27. The number of nitrogens with one attached hydrogen (secondary N) is 1. The molecule has 1 amide bonds. The number of aliphatic carboxylic acids is 1. The van der Waals surface area contributed by atoms with E-state index in [1.54, 1.807) is 42.1 Å². The number of nitrogens with zero attached hydrogens (tertiary/aromatic N) is 2. The molecular weight excluding hydrogens is 318 g/mol. The van der Waals surface area contributed by atoms with Crippen LogP contribution in [-0.4, -0.2) is 26.8 Å². The van der Waals surface area contributed by atoms with Crippen molar-refractivity contribution in [2.45, 2.75) is 32.4 Å². The zero-order valence-electron chi connectivity index (χ0n) is 12.9. The summed E-state index contributed by atoms with van der Waals surface area (Å²) >= 11 is 5.86. The van der Waals surface area contributed by atoms with Crippen LogP contribution in [0.15, 0.2) is 36.7 Å². The van der Waals surface area contributed by atoms with Crippen molar-refractivity contribution in [2.75, 3.05) is 0 Å². The molecule has 1 aromatic carbocycles. The molecule has 0 radical (unpaired) electrons. The number of carboxylic acids is 1. The van der Waals surface area contributed by atoms with Gasteiger partial charge in [0.05, 0.1) is 11.8 Å². The normalized spacial score (nSPS) is 13.3. The van der Waals surface area contributed by atoms with E-state index in [9.17, 15) is 14.7 Å². The molecule has 0 saturated carbocycles. The van der Waals surface area contributed by atoms with Gasteiger partial charge in [-0.2, -0.15) is 5.10 Å². The number of aromatic nitrogens is 2. The quantitative estimate of drug-likeness (QED) is 0.850. The van der Waals surface area contributed by atoms with E-state index in [1.807, 2.05) is 6.92 Å². The van der Waals surface area contributed by atoms with Gasteiger partial charge < -0.3 is 10.4 Å². The Morgan fingerprint density at radius 3 is 2.43 bits per heavy atom. The minimum Gasteiger partial charge on any atom is -0.479 e. The molecule has 1 aromatic heterocycles. The van der Waals surface area contributed by atoms with Gasteiger partial charge in [0, 0.05) is 17.8 Å². The summed E-state index contributed by atoms with van der Waals surface area (Å²) in [4.78, 5) is 24.3. The predicted molar refractivity (Wildman–Crippen MR) is 86.4 cm³/mol. The molecule has 1 atom stereocenters. The van der Waals surface area contributed by atoms with Crippen LogP contribution in [0.3, 0.4) is 0 Å². The van der Waals surface area contributed by atoms with Crippen LogP contribution in [0, 0.1) is 0 Å². The van der Waals surface area contributed by atoms with Gasteiger partial charge in [-0.3, -0.25) is 9.48 Å². The fraction of sp³-hybridized carbons (Fsp3) is 0.312. The highest BCUT2D eigenvalue weighted by Crippen LogP contribution is 2.27. The van der Waals surface area contributed by atoms with Gasteiger partial charge in [0.1, 0.15) is 0 Å². The van der Waals surface area contributed by atoms with E-state index in [0.29, 0.717) is 22.7 Å². The van der Waals surface area contributed by atoms with Crippen LogP contribution >= 0.6 is 11.6 Å². The fourth-order valence-electron chi connectivity index (χ4n) is 2.35. The van der Waals surface area contributed by atoms with Crippen molar-refractivity contribution in [1.29, 1.82) is 0 Å². The molecule has 1 unspecified atom stereocenters. The summed E-state index contributed by atoms with van der Waals surface area (Å²) in [5, 5.41) is 16.9. The Kier molecular flexibility index (Phi) is 5.05. The third kappa shape index (κ3) is 3.37. The number of aryl methyl sites for hydroxylation is 1. The Hall–Kier alpha value is -2.34. The summed E-state index contributed by atoms with van der Waals surface area (Å²) in [7, 11) is 0. The van der Waals surface area contributed by atoms with Gasteiger partial charge in [-0.15, -0.1) is 0 Å². The molecule has 1 heterocycles. The van der Waals surface area contributed by atoms with Gasteiger partial charge in [0.2, 0.25) is 0 Å². The topological polar surface area (TPSA) is 84.2 Å². The average Bonchev–Trinajstić information content (AvgIpc) is 3.02. The van der Waals surface area contributed by atoms with Crippen molar-refractivity contribution in [2.24, 2.45) is 0 Å². The summed E-state index contributed by atoms with van der Waals surface area (Å²) < 4.78 is 1.60. The minimum absolute atomic E-state index is 0.192. The molecule has 122 valence electrons. The van der Waals surface area contributed by atoms with Crippen molar-refractivity contribution in [3.05, 3.63) is 52.8 Å². The number of benzene rings is 1. The summed E-state index contributed by atoms with van der Waals surface area (Å²) in [6, 6.07) is 6.42.